The number of aromatic nitrogens is 2. The topological polar surface area (TPSA) is 34.9 Å². The van der Waals surface area contributed by atoms with Gasteiger partial charge in [0.15, 0.2) is 0 Å². The Bertz CT molecular complexity index is 367. The van der Waals surface area contributed by atoms with E-state index in [0.29, 0.717) is 12.5 Å². The second-order valence-corrected chi connectivity index (χ2v) is 5.18. The molecule has 15 heavy (non-hydrogen) atoms. The Labute approximate surface area is 96.0 Å². The highest BCUT2D eigenvalue weighted by Gasteiger charge is 2.23. The third kappa shape index (κ3) is 3.38. The Balaban J connectivity index is 2.85. The van der Waals surface area contributed by atoms with Gasteiger partial charge in [0.25, 0.3) is 5.56 Å². The lowest BCUT2D eigenvalue weighted by molar-refractivity contribution is 0.235. The second-order valence-electron chi connectivity index (χ2n) is 4.82. The highest BCUT2D eigenvalue weighted by atomic mass is 32.1. The van der Waals surface area contributed by atoms with E-state index in [1.54, 1.807) is 10.9 Å². The molecule has 3 nitrogen and oxygen atoms in total. The predicted molar refractivity (Wildman–Crippen MR) is 65.3 cm³/mol. The summed E-state index contributed by atoms with van der Waals surface area (Å²) in [5.41, 5.74) is 0.151. The van der Waals surface area contributed by atoms with Crippen LogP contribution in [0.25, 0.3) is 0 Å². The normalized spacial score (nSPS) is 13.9. The molecule has 1 rings (SSSR count). The number of hydrogen-bond acceptors (Lipinski definition) is 3. The van der Waals surface area contributed by atoms with Crippen molar-refractivity contribution in [2.75, 3.05) is 5.75 Å². The molecule has 0 amide bonds. The molecule has 0 bridgehead atoms. The van der Waals surface area contributed by atoms with Crippen LogP contribution in [0.2, 0.25) is 0 Å². The lowest BCUT2D eigenvalue weighted by Gasteiger charge is -2.29. The van der Waals surface area contributed by atoms with Gasteiger partial charge in [-0.1, -0.05) is 20.8 Å². The first-order chi connectivity index (χ1) is 6.95. The van der Waals surface area contributed by atoms with E-state index in [9.17, 15) is 4.79 Å². The molecular formula is C11H18N2OS. The largest absolute Gasteiger partial charge is 0.299 e. The first kappa shape index (κ1) is 12.3. The van der Waals surface area contributed by atoms with E-state index in [-0.39, 0.29) is 11.0 Å². The Morgan fingerprint density at radius 1 is 1.53 bits per heavy atom. The van der Waals surface area contributed by atoms with Crippen molar-refractivity contribution in [3.05, 3.63) is 28.9 Å². The molecule has 0 aliphatic carbocycles. The van der Waals surface area contributed by atoms with Gasteiger partial charge in [-0.25, -0.2) is 4.98 Å². The molecule has 0 aromatic carbocycles. The van der Waals surface area contributed by atoms with Crippen LogP contribution in [0.3, 0.4) is 0 Å². The Morgan fingerprint density at radius 3 is 2.67 bits per heavy atom. The Morgan fingerprint density at radius 2 is 2.20 bits per heavy atom. The molecule has 84 valence electrons. The molecule has 1 aromatic heterocycles. The molecular weight excluding hydrogens is 208 g/mol. The zero-order valence-corrected chi connectivity index (χ0v) is 10.4. The molecule has 1 aromatic rings. The molecule has 1 atom stereocenters. The fraction of sp³-hybridized carbons (Fsp3) is 0.636. The maximum atomic E-state index is 11.5. The average Bonchev–Trinajstić information content (AvgIpc) is 2.14. The lowest BCUT2D eigenvalue weighted by Crippen LogP contribution is -2.31. The van der Waals surface area contributed by atoms with E-state index in [1.165, 1.54) is 12.3 Å². The lowest BCUT2D eigenvalue weighted by atomic mass is 9.82. The first-order valence-electron chi connectivity index (χ1n) is 5.06. The van der Waals surface area contributed by atoms with E-state index >= 15 is 0 Å². The van der Waals surface area contributed by atoms with Crippen molar-refractivity contribution in [3.8, 4) is 0 Å². The van der Waals surface area contributed by atoms with Crippen LogP contribution >= 0.6 is 12.6 Å². The molecule has 4 heteroatoms. The highest BCUT2D eigenvalue weighted by molar-refractivity contribution is 7.80. The molecule has 0 aliphatic rings. The summed E-state index contributed by atoms with van der Waals surface area (Å²) in [5, 5.41) is 0. The van der Waals surface area contributed by atoms with Crippen molar-refractivity contribution in [2.24, 2.45) is 11.3 Å². The summed E-state index contributed by atoms with van der Waals surface area (Å²) in [7, 11) is 0. The van der Waals surface area contributed by atoms with Gasteiger partial charge in [-0.3, -0.25) is 9.36 Å². The van der Waals surface area contributed by atoms with Gasteiger partial charge in [0.2, 0.25) is 0 Å². The van der Waals surface area contributed by atoms with Gasteiger partial charge < -0.3 is 0 Å². The van der Waals surface area contributed by atoms with Crippen LogP contribution in [0.4, 0.5) is 0 Å². The third-order valence-corrected chi connectivity index (χ3v) is 3.10. The molecule has 1 heterocycles. The van der Waals surface area contributed by atoms with Crippen LogP contribution in [0.5, 0.6) is 0 Å². The fourth-order valence-electron chi connectivity index (χ4n) is 1.36. The van der Waals surface area contributed by atoms with Crippen molar-refractivity contribution >= 4 is 12.6 Å². The molecule has 0 saturated heterocycles. The van der Waals surface area contributed by atoms with E-state index in [2.05, 4.69) is 38.4 Å². The molecule has 0 aliphatic heterocycles. The molecule has 0 fully saturated rings. The van der Waals surface area contributed by atoms with E-state index in [0.717, 1.165) is 5.75 Å². The molecule has 0 radical (unpaired) electrons. The molecule has 0 saturated carbocycles. The maximum Gasteiger partial charge on any atom is 0.253 e. The number of nitrogens with zero attached hydrogens (tertiary/aromatic N) is 2. The van der Waals surface area contributed by atoms with E-state index in [4.69, 9.17) is 0 Å². The molecule has 0 N–H and O–H groups in total. The summed E-state index contributed by atoms with van der Waals surface area (Å²) in [4.78, 5) is 15.4. The SMILES string of the molecule is CC(C)(C)C(CS)Cn1cnccc1=O. The molecule has 0 spiro atoms. The quantitative estimate of drug-likeness (QED) is 0.798. The smallest absolute Gasteiger partial charge is 0.253 e. The zero-order valence-electron chi connectivity index (χ0n) is 9.47. The van der Waals surface area contributed by atoms with Gasteiger partial charge in [-0.05, 0) is 17.1 Å². The van der Waals surface area contributed by atoms with Crippen molar-refractivity contribution in [1.29, 1.82) is 0 Å². The van der Waals surface area contributed by atoms with Gasteiger partial charge in [0.1, 0.15) is 0 Å². The van der Waals surface area contributed by atoms with Crippen LogP contribution < -0.4 is 5.56 Å². The van der Waals surface area contributed by atoms with E-state index < -0.39 is 0 Å². The summed E-state index contributed by atoms with van der Waals surface area (Å²) in [5.74, 6) is 1.13. The van der Waals surface area contributed by atoms with E-state index in [1.807, 2.05) is 0 Å². The number of thiol groups is 1. The van der Waals surface area contributed by atoms with Gasteiger partial charge in [0, 0.05) is 18.8 Å². The first-order valence-corrected chi connectivity index (χ1v) is 5.69. The summed E-state index contributed by atoms with van der Waals surface area (Å²) >= 11 is 4.34. The van der Waals surface area contributed by atoms with Crippen LogP contribution in [-0.2, 0) is 6.54 Å². The minimum absolute atomic E-state index is 0.000957. The van der Waals surface area contributed by atoms with Crippen LogP contribution in [0, 0.1) is 11.3 Å². The highest BCUT2D eigenvalue weighted by Crippen LogP contribution is 2.27. The summed E-state index contributed by atoms with van der Waals surface area (Å²) < 4.78 is 1.64. The minimum atomic E-state index is 0.000957. The zero-order chi connectivity index (χ0) is 11.5. The monoisotopic (exact) mass is 226 g/mol. The van der Waals surface area contributed by atoms with Gasteiger partial charge >= 0.3 is 0 Å². The summed E-state index contributed by atoms with van der Waals surface area (Å²) in [6.45, 7) is 7.17. The van der Waals surface area contributed by atoms with Gasteiger partial charge in [-0.2, -0.15) is 12.6 Å². The van der Waals surface area contributed by atoms with Crippen LogP contribution in [0.15, 0.2) is 23.4 Å². The molecule has 1 unspecified atom stereocenters. The Hall–Kier alpha value is -0.770. The van der Waals surface area contributed by atoms with Gasteiger partial charge in [-0.15, -0.1) is 0 Å². The Kier molecular flexibility index (Phi) is 3.97. The van der Waals surface area contributed by atoms with Crippen LogP contribution in [0.1, 0.15) is 20.8 Å². The average molecular weight is 226 g/mol. The second kappa shape index (κ2) is 4.84. The third-order valence-electron chi connectivity index (χ3n) is 2.65. The number of rotatable bonds is 3. The van der Waals surface area contributed by atoms with Crippen molar-refractivity contribution < 1.29 is 0 Å². The predicted octanol–water partition coefficient (Wildman–Crippen LogP) is 1.84. The summed E-state index contributed by atoms with van der Waals surface area (Å²) in [6, 6.07) is 1.48. The van der Waals surface area contributed by atoms with Crippen molar-refractivity contribution in [3.63, 3.8) is 0 Å². The van der Waals surface area contributed by atoms with Crippen LogP contribution in [-0.4, -0.2) is 15.3 Å². The maximum absolute atomic E-state index is 11.5. The standard InChI is InChI=1S/C11H18N2OS/c1-11(2,3)9(7-15)6-13-8-12-5-4-10(13)14/h4-5,8-9,15H,6-7H2,1-3H3. The fourth-order valence-corrected chi connectivity index (χ4v) is 2.02. The van der Waals surface area contributed by atoms with Crippen molar-refractivity contribution in [1.82, 2.24) is 9.55 Å². The van der Waals surface area contributed by atoms with Crippen molar-refractivity contribution in [2.45, 2.75) is 27.3 Å². The number of hydrogen-bond donors (Lipinski definition) is 1. The minimum Gasteiger partial charge on any atom is -0.299 e. The van der Waals surface area contributed by atoms with Gasteiger partial charge in [0.05, 0.1) is 6.33 Å². The summed E-state index contributed by atoms with van der Waals surface area (Å²) in [6.07, 6.45) is 3.11.